The highest BCUT2D eigenvalue weighted by Gasteiger charge is 2.15. The zero-order chi connectivity index (χ0) is 17.9. The molecule has 26 heavy (non-hydrogen) atoms. The van der Waals surface area contributed by atoms with Gasteiger partial charge in [0.2, 0.25) is 0 Å². The van der Waals surface area contributed by atoms with Crippen molar-refractivity contribution < 1.29 is 4.79 Å². The van der Waals surface area contributed by atoms with E-state index in [0.29, 0.717) is 22.9 Å². The number of carbonyl (C=O) groups excluding carboxylic acids is 1. The van der Waals surface area contributed by atoms with E-state index in [9.17, 15) is 4.79 Å². The first-order valence-corrected chi connectivity index (χ1v) is 9.45. The number of nitrogens with one attached hydrogen (secondary N) is 2. The van der Waals surface area contributed by atoms with Crippen molar-refractivity contribution in [3.05, 3.63) is 76.5 Å². The van der Waals surface area contributed by atoms with E-state index in [4.69, 9.17) is 11.6 Å². The van der Waals surface area contributed by atoms with Crippen LogP contribution in [0.4, 0.5) is 0 Å². The molecule has 0 aliphatic carbocycles. The molecule has 2 N–H and O–H groups in total. The van der Waals surface area contributed by atoms with E-state index >= 15 is 0 Å². The maximum atomic E-state index is 12.5. The minimum absolute atomic E-state index is 0.105. The Kier molecular flexibility index (Phi) is 4.73. The zero-order valence-electron chi connectivity index (χ0n) is 13.8. The Labute approximate surface area is 159 Å². The number of carbonyl (C=O) groups is 1. The number of benzene rings is 1. The summed E-state index contributed by atoms with van der Waals surface area (Å²) in [5.41, 5.74) is 3.42. The molecule has 0 atom stereocenters. The lowest BCUT2D eigenvalue weighted by Gasteiger charge is -2.06. The summed E-state index contributed by atoms with van der Waals surface area (Å²) in [7, 11) is 0. The van der Waals surface area contributed by atoms with Crippen LogP contribution in [0.5, 0.6) is 0 Å². The van der Waals surface area contributed by atoms with Gasteiger partial charge in [0.25, 0.3) is 5.91 Å². The number of hydrogen-bond acceptors (Lipinski definition) is 3. The minimum Gasteiger partial charge on any atom is -0.366 e. The summed E-state index contributed by atoms with van der Waals surface area (Å²) >= 11 is 7.46. The smallest absolute Gasteiger partial charge is 0.253 e. The predicted molar refractivity (Wildman–Crippen MR) is 107 cm³/mol. The van der Waals surface area contributed by atoms with E-state index in [1.54, 1.807) is 6.20 Å². The number of halogens is 1. The second kappa shape index (κ2) is 7.32. The van der Waals surface area contributed by atoms with Crippen LogP contribution in [0.3, 0.4) is 0 Å². The summed E-state index contributed by atoms with van der Waals surface area (Å²) < 4.78 is 0.704. The lowest BCUT2D eigenvalue weighted by atomic mass is 10.1. The molecule has 0 saturated carbocycles. The Hall–Kier alpha value is -2.63. The number of aromatic nitrogens is 2. The SMILES string of the molecule is O=C(NCCc1ccc2ccccc2n1)c1c[nH]cc1-c1ccc(Cl)s1. The molecule has 3 aromatic heterocycles. The predicted octanol–water partition coefficient (Wildman–Crippen LogP) is 4.92. The highest BCUT2D eigenvalue weighted by atomic mass is 35.5. The van der Waals surface area contributed by atoms with Gasteiger partial charge in [-0.25, -0.2) is 0 Å². The second-order valence-corrected chi connectivity index (χ2v) is 7.60. The van der Waals surface area contributed by atoms with Crippen molar-refractivity contribution in [2.45, 2.75) is 6.42 Å². The fraction of sp³-hybridized carbons (Fsp3) is 0.100. The molecule has 130 valence electrons. The first-order valence-electron chi connectivity index (χ1n) is 8.26. The van der Waals surface area contributed by atoms with E-state index in [0.717, 1.165) is 27.0 Å². The average Bonchev–Trinajstić information content (AvgIpc) is 3.30. The third-order valence-electron chi connectivity index (χ3n) is 4.15. The first kappa shape index (κ1) is 16.8. The molecule has 3 heterocycles. The molecule has 1 amide bonds. The maximum Gasteiger partial charge on any atom is 0.253 e. The molecule has 4 nitrogen and oxygen atoms in total. The molecule has 4 aromatic rings. The second-order valence-electron chi connectivity index (χ2n) is 5.89. The van der Waals surface area contributed by atoms with E-state index in [1.165, 1.54) is 11.3 Å². The Morgan fingerprint density at radius 1 is 1.12 bits per heavy atom. The Morgan fingerprint density at radius 3 is 2.85 bits per heavy atom. The lowest BCUT2D eigenvalue weighted by Crippen LogP contribution is -2.26. The quantitative estimate of drug-likeness (QED) is 0.515. The van der Waals surface area contributed by atoms with E-state index < -0.39 is 0 Å². The molecule has 0 unspecified atom stereocenters. The molecule has 0 aliphatic heterocycles. The van der Waals surface area contributed by atoms with Crippen molar-refractivity contribution >= 4 is 39.7 Å². The van der Waals surface area contributed by atoms with Crippen LogP contribution in [-0.4, -0.2) is 22.4 Å². The van der Waals surface area contributed by atoms with Gasteiger partial charge in [0.05, 0.1) is 15.4 Å². The molecule has 0 saturated heterocycles. The molecule has 4 rings (SSSR count). The topological polar surface area (TPSA) is 57.8 Å². The van der Waals surface area contributed by atoms with E-state index in [-0.39, 0.29) is 5.91 Å². The van der Waals surface area contributed by atoms with Crippen LogP contribution < -0.4 is 5.32 Å². The van der Waals surface area contributed by atoms with Gasteiger partial charge in [0.15, 0.2) is 0 Å². The number of pyridine rings is 1. The molecule has 1 aromatic carbocycles. The third kappa shape index (κ3) is 3.49. The van der Waals surface area contributed by atoms with Crippen LogP contribution >= 0.6 is 22.9 Å². The average molecular weight is 382 g/mol. The molecule has 0 bridgehead atoms. The van der Waals surface area contributed by atoms with Crippen LogP contribution in [0.1, 0.15) is 16.1 Å². The number of H-pyrrole nitrogens is 1. The standard InChI is InChI=1S/C20H16ClN3OS/c21-19-8-7-18(26-19)15-11-22-12-16(15)20(25)23-10-9-14-6-5-13-3-1-2-4-17(13)24-14/h1-8,11-12,22H,9-10H2,(H,23,25). The number of amides is 1. The molecule has 0 radical (unpaired) electrons. The Balaban J connectivity index is 1.42. The normalized spacial score (nSPS) is 11.0. The van der Waals surface area contributed by atoms with Crippen molar-refractivity contribution in [2.75, 3.05) is 6.54 Å². The zero-order valence-corrected chi connectivity index (χ0v) is 15.4. The Morgan fingerprint density at radius 2 is 2.00 bits per heavy atom. The number of para-hydroxylation sites is 1. The summed E-state index contributed by atoms with van der Waals surface area (Å²) in [5, 5.41) is 4.09. The van der Waals surface area contributed by atoms with Gasteiger partial charge in [-0.05, 0) is 24.3 Å². The maximum absolute atomic E-state index is 12.5. The highest BCUT2D eigenvalue weighted by molar-refractivity contribution is 7.19. The lowest BCUT2D eigenvalue weighted by molar-refractivity contribution is 0.0955. The molecule has 0 spiro atoms. The summed E-state index contributed by atoms with van der Waals surface area (Å²) in [6, 6.07) is 15.8. The molecule has 0 fully saturated rings. The van der Waals surface area contributed by atoms with Gasteiger partial charge in [-0.2, -0.15) is 0 Å². The van der Waals surface area contributed by atoms with Crippen molar-refractivity contribution in [3.63, 3.8) is 0 Å². The monoisotopic (exact) mass is 381 g/mol. The number of hydrogen-bond donors (Lipinski definition) is 2. The van der Waals surface area contributed by atoms with Crippen molar-refractivity contribution in [1.29, 1.82) is 0 Å². The van der Waals surface area contributed by atoms with Crippen molar-refractivity contribution in [3.8, 4) is 10.4 Å². The Bertz CT molecular complexity index is 1070. The molecular weight excluding hydrogens is 366 g/mol. The van der Waals surface area contributed by atoms with Crippen LogP contribution in [0.25, 0.3) is 21.3 Å². The van der Waals surface area contributed by atoms with Gasteiger partial charge < -0.3 is 10.3 Å². The van der Waals surface area contributed by atoms with Crippen LogP contribution in [-0.2, 0) is 6.42 Å². The van der Waals surface area contributed by atoms with E-state index in [2.05, 4.69) is 21.4 Å². The number of nitrogens with zero attached hydrogens (tertiary/aromatic N) is 1. The van der Waals surface area contributed by atoms with Crippen LogP contribution in [0.2, 0.25) is 4.34 Å². The largest absolute Gasteiger partial charge is 0.366 e. The van der Waals surface area contributed by atoms with Gasteiger partial charge in [-0.15, -0.1) is 11.3 Å². The fourth-order valence-electron chi connectivity index (χ4n) is 2.86. The molecular formula is C20H16ClN3OS. The van der Waals surface area contributed by atoms with Crippen LogP contribution in [0, 0.1) is 0 Å². The first-order chi connectivity index (χ1) is 12.7. The summed E-state index contributed by atoms with van der Waals surface area (Å²) in [5.74, 6) is -0.105. The molecule has 0 aliphatic rings. The third-order valence-corrected chi connectivity index (χ3v) is 5.42. The van der Waals surface area contributed by atoms with Gasteiger partial charge in [-0.1, -0.05) is 35.9 Å². The van der Waals surface area contributed by atoms with Crippen molar-refractivity contribution in [2.24, 2.45) is 0 Å². The molecule has 6 heteroatoms. The van der Waals surface area contributed by atoms with Crippen molar-refractivity contribution in [1.82, 2.24) is 15.3 Å². The van der Waals surface area contributed by atoms with Gasteiger partial charge in [0, 0.05) is 46.9 Å². The van der Waals surface area contributed by atoms with Crippen LogP contribution in [0.15, 0.2) is 60.9 Å². The van der Waals surface area contributed by atoms with Gasteiger partial charge >= 0.3 is 0 Å². The number of rotatable bonds is 5. The van der Waals surface area contributed by atoms with E-state index in [1.807, 2.05) is 48.7 Å². The number of thiophene rings is 1. The summed E-state index contributed by atoms with van der Waals surface area (Å²) in [6.07, 6.45) is 4.22. The number of fused-ring (bicyclic) bond motifs is 1. The minimum atomic E-state index is -0.105. The highest BCUT2D eigenvalue weighted by Crippen LogP contribution is 2.33. The summed E-state index contributed by atoms with van der Waals surface area (Å²) in [4.78, 5) is 21.1. The number of aromatic amines is 1. The summed E-state index contributed by atoms with van der Waals surface area (Å²) in [6.45, 7) is 0.528. The van der Waals surface area contributed by atoms with Gasteiger partial charge in [0.1, 0.15) is 0 Å². The fourth-order valence-corrected chi connectivity index (χ4v) is 3.93. The van der Waals surface area contributed by atoms with Gasteiger partial charge in [-0.3, -0.25) is 9.78 Å².